The largest absolute Gasteiger partial charge is 0.356 e. The minimum absolute atomic E-state index is 0. The van der Waals surface area contributed by atoms with E-state index < -0.39 is 0 Å². The molecule has 24 heavy (non-hydrogen) atoms. The minimum Gasteiger partial charge on any atom is -0.356 e. The fourth-order valence-electron chi connectivity index (χ4n) is 3.44. The standard InChI is InChI=1S/C18H26N4O.ClH/c1-13-12-15(8-10-19-13)18(23)20-9-5-11-22-14(2)21-16-6-3-4-7-17(16)22;/h3-4,6-7,13,15,19H,5,8-12H2,1-2H3,(H,20,23);1H/t13-,15-;/m0./s1. The van der Waals surface area contributed by atoms with E-state index >= 15 is 0 Å². The topological polar surface area (TPSA) is 59.0 Å². The van der Waals surface area contributed by atoms with Crippen molar-refractivity contribution in [3.63, 3.8) is 0 Å². The third kappa shape index (κ3) is 4.28. The van der Waals surface area contributed by atoms with Crippen molar-refractivity contribution in [2.24, 2.45) is 5.92 Å². The molecule has 132 valence electrons. The molecule has 1 aliphatic rings. The van der Waals surface area contributed by atoms with Gasteiger partial charge in [0.15, 0.2) is 0 Å². The number of aromatic nitrogens is 2. The Hall–Kier alpha value is -1.59. The van der Waals surface area contributed by atoms with Crippen LogP contribution < -0.4 is 10.6 Å². The van der Waals surface area contributed by atoms with E-state index in [1.807, 2.05) is 25.1 Å². The van der Waals surface area contributed by atoms with E-state index in [2.05, 4.69) is 33.2 Å². The van der Waals surface area contributed by atoms with Crippen molar-refractivity contribution >= 4 is 29.3 Å². The average molecular weight is 351 g/mol. The highest BCUT2D eigenvalue weighted by Crippen LogP contribution is 2.17. The number of halogens is 1. The van der Waals surface area contributed by atoms with Gasteiger partial charge in [-0.25, -0.2) is 4.98 Å². The van der Waals surface area contributed by atoms with Gasteiger partial charge in [-0.1, -0.05) is 12.1 Å². The van der Waals surface area contributed by atoms with Crippen molar-refractivity contribution in [2.75, 3.05) is 13.1 Å². The summed E-state index contributed by atoms with van der Waals surface area (Å²) in [5.41, 5.74) is 2.21. The molecule has 1 aliphatic heterocycles. The monoisotopic (exact) mass is 350 g/mol. The van der Waals surface area contributed by atoms with Gasteiger partial charge in [-0.05, 0) is 51.8 Å². The number of carbonyl (C=O) groups excluding carboxylic acids is 1. The number of amides is 1. The van der Waals surface area contributed by atoms with E-state index in [9.17, 15) is 4.79 Å². The molecule has 2 aromatic rings. The Morgan fingerprint density at radius 1 is 1.42 bits per heavy atom. The van der Waals surface area contributed by atoms with E-state index in [1.165, 1.54) is 5.52 Å². The zero-order valence-electron chi connectivity index (χ0n) is 14.4. The summed E-state index contributed by atoms with van der Waals surface area (Å²) in [4.78, 5) is 16.8. The predicted octanol–water partition coefficient (Wildman–Crippen LogP) is 2.66. The Morgan fingerprint density at radius 3 is 3.00 bits per heavy atom. The number of carbonyl (C=O) groups is 1. The predicted molar refractivity (Wildman–Crippen MR) is 99.5 cm³/mol. The molecule has 0 bridgehead atoms. The summed E-state index contributed by atoms with van der Waals surface area (Å²) in [7, 11) is 0. The fraction of sp³-hybridized carbons (Fsp3) is 0.556. The van der Waals surface area contributed by atoms with Gasteiger partial charge in [0.2, 0.25) is 5.91 Å². The van der Waals surface area contributed by atoms with E-state index in [1.54, 1.807) is 0 Å². The summed E-state index contributed by atoms with van der Waals surface area (Å²) in [6.45, 7) is 6.74. The van der Waals surface area contributed by atoms with Crippen molar-refractivity contribution in [1.82, 2.24) is 20.2 Å². The quantitative estimate of drug-likeness (QED) is 0.815. The number of hydrogen-bond acceptors (Lipinski definition) is 3. The molecule has 1 aromatic heterocycles. The molecule has 0 spiro atoms. The van der Waals surface area contributed by atoms with Gasteiger partial charge in [0.1, 0.15) is 5.82 Å². The summed E-state index contributed by atoms with van der Waals surface area (Å²) >= 11 is 0. The summed E-state index contributed by atoms with van der Waals surface area (Å²) in [5, 5.41) is 6.49. The number of benzene rings is 1. The maximum absolute atomic E-state index is 12.2. The van der Waals surface area contributed by atoms with Crippen LogP contribution in [0, 0.1) is 12.8 Å². The Balaban J connectivity index is 0.00000208. The number of imidazole rings is 1. The van der Waals surface area contributed by atoms with E-state index in [0.29, 0.717) is 6.04 Å². The third-order valence-corrected chi connectivity index (χ3v) is 4.70. The summed E-state index contributed by atoms with van der Waals surface area (Å²) < 4.78 is 2.23. The molecule has 1 aromatic carbocycles. The van der Waals surface area contributed by atoms with Gasteiger partial charge in [0, 0.05) is 25.0 Å². The van der Waals surface area contributed by atoms with Crippen LogP contribution in [-0.2, 0) is 11.3 Å². The number of fused-ring (bicyclic) bond motifs is 1. The molecule has 0 radical (unpaired) electrons. The molecular formula is C18H27ClN4O. The lowest BCUT2D eigenvalue weighted by atomic mass is 9.92. The first-order chi connectivity index (χ1) is 11.1. The number of nitrogens with one attached hydrogen (secondary N) is 2. The number of rotatable bonds is 5. The first-order valence-corrected chi connectivity index (χ1v) is 8.58. The van der Waals surface area contributed by atoms with E-state index in [-0.39, 0.29) is 24.2 Å². The second kappa shape index (κ2) is 8.49. The lowest BCUT2D eigenvalue weighted by Crippen LogP contribution is -2.42. The highest BCUT2D eigenvalue weighted by Gasteiger charge is 2.24. The average Bonchev–Trinajstić information content (AvgIpc) is 2.87. The minimum atomic E-state index is 0. The van der Waals surface area contributed by atoms with Gasteiger partial charge in [-0.2, -0.15) is 0 Å². The molecule has 6 heteroatoms. The molecule has 0 saturated carbocycles. The van der Waals surface area contributed by atoms with Crippen molar-refractivity contribution in [3.05, 3.63) is 30.1 Å². The smallest absolute Gasteiger partial charge is 0.223 e. The first-order valence-electron chi connectivity index (χ1n) is 8.58. The zero-order valence-corrected chi connectivity index (χ0v) is 15.2. The molecule has 5 nitrogen and oxygen atoms in total. The van der Waals surface area contributed by atoms with Crippen LogP contribution in [0.3, 0.4) is 0 Å². The van der Waals surface area contributed by atoms with Crippen LogP contribution in [0.4, 0.5) is 0 Å². The Labute approximate surface area is 149 Å². The Kier molecular flexibility index (Phi) is 6.63. The van der Waals surface area contributed by atoms with Crippen LogP contribution in [-0.4, -0.2) is 34.6 Å². The fourth-order valence-corrected chi connectivity index (χ4v) is 3.44. The van der Waals surface area contributed by atoms with E-state index in [0.717, 1.165) is 50.2 Å². The lowest BCUT2D eigenvalue weighted by molar-refractivity contribution is -0.126. The molecule has 3 rings (SSSR count). The maximum atomic E-state index is 12.2. The Morgan fingerprint density at radius 2 is 2.21 bits per heavy atom. The molecule has 0 aliphatic carbocycles. The van der Waals surface area contributed by atoms with Crippen molar-refractivity contribution in [2.45, 2.75) is 45.7 Å². The second-order valence-electron chi connectivity index (χ2n) is 6.52. The van der Waals surface area contributed by atoms with Crippen LogP contribution >= 0.6 is 12.4 Å². The molecule has 2 heterocycles. The number of nitrogens with zero attached hydrogens (tertiary/aromatic N) is 2. The number of para-hydroxylation sites is 2. The number of aryl methyl sites for hydroxylation is 2. The van der Waals surface area contributed by atoms with Crippen LogP contribution in [0.2, 0.25) is 0 Å². The van der Waals surface area contributed by atoms with Crippen LogP contribution in [0.5, 0.6) is 0 Å². The van der Waals surface area contributed by atoms with Gasteiger partial charge < -0.3 is 15.2 Å². The number of piperidine rings is 1. The molecule has 0 unspecified atom stereocenters. The van der Waals surface area contributed by atoms with Crippen molar-refractivity contribution in [3.8, 4) is 0 Å². The normalized spacial score (nSPS) is 20.6. The second-order valence-corrected chi connectivity index (χ2v) is 6.52. The van der Waals surface area contributed by atoms with Gasteiger partial charge in [-0.15, -0.1) is 12.4 Å². The zero-order chi connectivity index (χ0) is 16.2. The first kappa shape index (κ1) is 18.7. The molecule has 2 N–H and O–H groups in total. The summed E-state index contributed by atoms with van der Waals surface area (Å²) in [6.07, 6.45) is 2.81. The molecule has 1 fully saturated rings. The van der Waals surface area contributed by atoms with E-state index in [4.69, 9.17) is 0 Å². The maximum Gasteiger partial charge on any atom is 0.223 e. The SMILES string of the molecule is Cc1nc2ccccc2n1CCCNC(=O)[C@H]1CCN[C@@H](C)C1.Cl. The van der Waals surface area contributed by atoms with Crippen molar-refractivity contribution in [1.29, 1.82) is 0 Å². The van der Waals surface area contributed by atoms with Crippen LogP contribution in [0.25, 0.3) is 11.0 Å². The molecular weight excluding hydrogens is 324 g/mol. The lowest BCUT2D eigenvalue weighted by Gasteiger charge is -2.27. The van der Waals surface area contributed by atoms with Crippen LogP contribution in [0.15, 0.2) is 24.3 Å². The van der Waals surface area contributed by atoms with Crippen molar-refractivity contribution < 1.29 is 4.79 Å². The van der Waals surface area contributed by atoms with Gasteiger partial charge in [0.05, 0.1) is 11.0 Å². The molecule has 2 atom stereocenters. The molecule has 1 amide bonds. The van der Waals surface area contributed by atoms with Crippen LogP contribution in [0.1, 0.15) is 32.0 Å². The van der Waals surface area contributed by atoms with Gasteiger partial charge >= 0.3 is 0 Å². The summed E-state index contributed by atoms with van der Waals surface area (Å²) in [6, 6.07) is 8.64. The number of hydrogen-bond donors (Lipinski definition) is 2. The summed E-state index contributed by atoms with van der Waals surface area (Å²) in [5.74, 6) is 1.41. The molecule has 1 saturated heterocycles. The van der Waals surface area contributed by atoms with Gasteiger partial charge in [-0.3, -0.25) is 4.79 Å². The highest BCUT2D eigenvalue weighted by atomic mass is 35.5. The van der Waals surface area contributed by atoms with Gasteiger partial charge in [0.25, 0.3) is 0 Å². The highest BCUT2D eigenvalue weighted by molar-refractivity contribution is 5.85. The third-order valence-electron chi connectivity index (χ3n) is 4.70. The Bertz CT molecular complexity index is 685.